The average Bonchev–Trinajstić information content (AvgIpc) is 2.78. The minimum Gasteiger partial charge on any atom is -0.378 e. The summed E-state index contributed by atoms with van der Waals surface area (Å²) in [4.78, 5) is 10.3. The molecular formula is C11H15ClN2O6S. The van der Waals surface area contributed by atoms with Gasteiger partial charge in [-0.15, -0.1) is 0 Å². The van der Waals surface area contributed by atoms with E-state index in [0.29, 0.717) is 13.0 Å². The molecule has 1 heterocycles. The van der Waals surface area contributed by atoms with Crippen LogP contribution >= 0.6 is 11.6 Å². The number of nitro groups is 1. The minimum absolute atomic E-state index is 0.259. The van der Waals surface area contributed by atoms with Gasteiger partial charge in [0.05, 0.1) is 11.0 Å². The Bertz CT molecular complexity index is 610. The number of primary sulfonamides is 1. The van der Waals surface area contributed by atoms with Crippen LogP contribution in [0.15, 0.2) is 22.9 Å². The summed E-state index contributed by atoms with van der Waals surface area (Å²) < 4.78 is 28.8. The number of allylic oxidation sites excluding steroid dienone is 2. The molecule has 1 fully saturated rings. The highest BCUT2D eigenvalue weighted by atomic mass is 35.5. The summed E-state index contributed by atoms with van der Waals surface area (Å²) in [5, 5.41) is 25.0. The van der Waals surface area contributed by atoms with E-state index in [0.717, 1.165) is 18.6 Å². The maximum Gasteiger partial charge on any atom is 0.279 e. The van der Waals surface area contributed by atoms with Gasteiger partial charge in [0.2, 0.25) is 10.0 Å². The first-order valence-electron chi connectivity index (χ1n) is 6.24. The molecule has 3 unspecified atom stereocenters. The normalized spacial score (nSPS) is 33.5. The molecule has 10 heteroatoms. The zero-order valence-corrected chi connectivity index (χ0v) is 12.5. The quantitative estimate of drug-likeness (QED) is 0.557. The lowest BCUT2D eigenvalue weighted by atomic mass is 9.85. The van der Waals surface area contributed by atoms with E-state index >= 15 is 0 Å². The Hall–Kier alpha value is -1.00. The number of rotatable bonds is 4. The molecule has 0 bridgehead atoms. The second kappa shape index (κ2) is 5.65. The van der Waals surface area contributed by atoms with Gasteiger partial charge in [-0.3, -0.25) is 10.1 Å². The van der Waals surface area contributed by atoms with Gasteiger partial charge >= 0.3 is 0 Å². The smallest absolute Gasteiger partial charge is 0.279 e. The second-order valence-corrected chi connectivity index (χ2v) is 7.18. The summed E-state index contributed by atoms with van der Waals surface area (Å²) in [6.45, 7) is 0.460. The van der Waals surface area contributed by atoms with Crippen molar-refractivity contribution in [3.05, 3.63) is 33.0 Å². The van der Waals surface area contributed by atoms with Crippen molar-refractivity contribution in [1.29, 1.82) is 0 Å². The van der Waals surface area contributed by atoms with E-state index in [9.17, 15) is 23.6 Å². The number of sulfonamides is 1. The molecule has 0 aromatic heterocycles. The molecule has 0 aromatic carbocycles. The third-order valence-corrected chi connectivity index (χ3v) is 5.39. The summed E-state index contributed by atoms with van der Waals surface area (Å²) in [5.74, 6) is 0. The van der Waals surface area contributed by atoms with Gasteiger partial charge in [0.25, 0.3) is 5.70 Å². The topological polar surface area (TPSA) is 133 Å². The van der Waals surface area contributed by atoms with Crippen LogP contribution in [0.1, 0.15) is 19.3 Å². The molecule has 2 rings (SSSR count). The van der Waals surface area contributed by atoms with Gasteiger partial charge in [-0.05, 0) is 18.9 Å². The summed E-state index contributed by atoms with van der Waals surface area (Å²) in [7, 11) is -4.34. The van der Waals surface area contributed by atoms with Crippen LogP contribution in [0, 0.1) is 10.1 Å². The lowest BCUT2D eigenvalue weighted by Gasteiger charge is -2.35. The van der Waals surface area contributed by atoms with Gasteiger partial charge in [-0.25, -0.2) is 13.6 Å². The van der Waals surface area contributed by atoms with E-state index in [1.54, 1.807) is 0 Å². The van der Waals surface area contributed by atoms with Crippen LogP contribution in [0.25, 0.3) is 0 Å². The predicted molar refractivity (Wildman–Crippen MR) is 74.4 cm³/mol. The number of hydrogen-bond donors (Lipinski definition) is 2. The predicted octanol–water partition coefficient (Wildman–Crippen LogP) is 0.241. The van der Waals surface area contributed by atoms with E-state index in [-0.39, 0.29) is 11.5 Å². The Labute approximate surface area is 126 Å². The maximum absolute atomic E-state index is 11.8. The molecule has 1 saturated heterocycles. The van der Waals surface area contributed by atoms with Crippen molar-refractivity contribution in [1.82, 2.24) is 0 Å². The molecular weight excluding hydrogens is 324 g/mol. The Kier molecular flexibility index (Phi) is 4.41. The number of hydrogen-bond acceptors (Lipinski definition) is 6. The van der Waals surface area contributed by atoms with Crippen LogP contribution in [0.5, 0.6) is 0 Å². The zero-order valence-electron chi connectivity index (χ0n) is 10.9. The lowest BCUT2D eigenvalue weighted by molar-refractivity contribution is -0.445. The summed E-state index contributed by atoms with van der Waals surface area (Å²) in [5.41, 5.74) is -2.97. The number of ether oxygens (including phenoxy) is 1. The summed E-state index contributed by atoms with van der Waals surface area (Å²) in [6, 6.07) is 0. The average molecular weight is 339 g/mol. The van der Waals surface area contributed by atoms with Gasteiger partial charge in [-0.2, -0.15) is 0 Å². The van der Waals surface area contributed by atoms with Crippen LogP contribution in [0.2, 0.25) is 0 Å². The molecule has 1 aliphatic carbocycles. The maximum atomic E-state index is 11.8. The summed E-state index contributed by atoms with van der Waals surface area (Å²) in [6.07, 6.45) is 2.64. The molecule has 1 aliphatic heterocycles. The van der Waals surface area contributed by atoms with Crippen LogP contribution in [0.4, 0.5) is 0 Å². The first-order chi connectivity index (χ1) is 9.66. The molecule has 2 aliphatic rings. The van der Waals surface area contributed by atoms with Crippen molar-refractivity contribution >= 4 is 21.6 Å². The molecule has 0 radical (unpaired) electrons. The fourth-order valence-corrected chi connectivity index (χ4v) is 4.53. The molecule has 0 saturated carbocycles. The van der Waals surface area contributed by atoms with Crippen molar-refractivity contribution in [2.75, 3.05) is 6.61 Å². The van der Waals surface area contributed by atoms with Crippen LogP contribution in [-0.2, 0) is 14.8 Å². The van der Waals surface area contributed by atoms with E-state index in [1.807, 2.05) is 0 Å². The second-order valence-electron chi connectivity index (χ2n) is 5.09. The molecule has 0 aromatic rings. The van der Waals surface area contributed by atoms with Gasteiger partial charge in [0, 0.05) is 24.1 Å². The highest BCUT2D eigenvalue weighted by molar-refractivity contribution is 7.90. The Morgan fingerprint density at radius 3 is 2.71 bits per heavy atom. The first-order valence-corrected chi connectivity index (χ1v) is 8.23. The third-order valence-electron chi connectivity index (χ3n) is 3.62. The van der Waals surface area contributed by atoms with Crippen molar-refractivity contribution in [2.45, 2.75) is 36.2 Å². The number of nitrogens with zero attached hydrogens (tertiary/aromatic N) is 1. The van der Waals surface area contributed by atoms with Crippen molar-refractivity contribution in [3.8, 4) is 0 Å². The molecule has 0 spiro atoms. The Morgan fingerprint density at radius 2 is 2.24 bits per heavy atom. The van der Waals surface area contributed by atoms with Crippen LogP contribution in [0.3, 0.4) is 0 Å². The lowest BCUT2D eigenvalue weighted by Crippen LogP contribution is -2.55. The largest absolute Gasteiger partial charge is 0.378 e. The van der Waals surface area contributed by atoms with Gasteiger partial charge < -0.3 is 9.84 Å². The van der Waals surface area contributed by atoms with Gasteiger partial charge in [-0.1, -0.05) is 11.6 Å². The Balaban J connectivity index is 2.49. The van der Waals surface area contributed by atoms with Crippen molar-refractivity contribution in [2.24, 2.45) is 5.14 Å². The third kappa shape index (κ3) is 3.11. The number of nitrogens with two attached hydrogens (primary N) is 1. The van der Waals surface area contributed by atoms with E-state index < -0.39 is 37.6 Å². The van der Waals surface area contributed by atoms with Crippen molar-refractivity contribution in [3.63, 3.8) is 0 Å². The van der Waals surface area contributed by atoms with Gasteiger partial charge in [0.15, 0.2) is 5.60 Å². The number of aliphatic hydroxyl groups is 1. The fraction of sp³-hybridized carbons (Fsp3) is 0.636. The molecule has 21 heavy (non-hydrogen) atoms. The fourth-order valence-electron chi connectivity index (χ4n) is 2.76. The number of halogens is 1. The molecule has 0 amide bonds. The first kappa shape index (κ1) is 16.4. The Morgan fingerprint density at radius 1 is 1.57 bits per heavy atom. The van der Waals surface area contributed by atoms with Crippen LogP contribution < -0.4 is 5.14 Å². The van der Waals surface area contributed by atoms with E-state index in [4.69, 9.17) is 21.5 Å². The van der Waals surface area contributed by atoms with E-state index in [2.05, 4.69) is 0 Å². The highest BCUT2D eigenvalue weighted by Gasteiger charge is 2.56. The zero-order chi connectivity index (χ0) is 15.8. The monoisotopic (exact) mass is 338 g/mol. The molecule has 3 N–H and O–H groups in total. The highest BCUT2D eigenvalue weighted by Crippen LogP contribution is 2.40. The standard InChI is InChI=1S/C11H15ClN2O6S/c12-8-3-4-9(14(16)17)11(15,10(8)21(13,18)19)6-7-2-1-5-20-7/h3-4,7,10,15H,1-2,5-6H2,(H2,13,18,19). The van der Waals surface area contributed by atoms with E-state index in [1.165, 1.54) is 0 Å². The molecule has 8 nitrogen and oxygen atoms in total. The minimum atomic E-state index is -4.34. The van der Waals surface area contributed by atoms with Gasteiger partial charge in [0.1, 0.15) is 5.25 Å². The van der Waals surface area contributed by atoms with Crippen LogP contribution in [-0.4, -0.2) is 42.0 Å². The molecule has 3 atom stereocenters. The van der Waals surface area contributed by atoms with Crippen molar-refractivity contribution < 1.29 is 23.2 Å². The summed E-state index contributed by atoms with van der Waals surface area (Å²) >= 11 is 5.84. The SMILES string of the molecule is NS(=O)(=O)C1C(Cl)=CC=C([N+](=O)[O-])C1(O)CC1CCCO1. The molecule has 118 valence electrons.